The van der Waals surface area contributed by atoms with Gasteiger partial charge in [-0.3, -0.25) is 0 Å². The number of benzene rings is 1. The van der Waals surface area contributed by atoms with E-state index in [0.717, 1.165) is 23.3 Å². The van der Waals surface area contributed by atoms with Crippen molar-refractivity contribution in [2.45, 2.75) is 18.9 Å². The number of halogens is 1. The largest absolute Gasteiger partial charge is 0.374 e. The van der Waals surface area contributed by atoms with Crippen LogP contribution < -0.4 is 0 Å². The molecule has 0 radical (unpaired) electrons. The highest BCUT2D eigenvalue weighted by Crippen LogP contribution is 2.17. The van der Waals surface area contributed by atoms with Crippen LogP contribution in [0.4, 0.5) is 0 Å². The molecule has 1 aromatic carbocycles. The van der Waals surface area contributed by atoms with Crippen LogP contribution in [0, 0.1) is 0 Å². The zero-order valence-electron chi connectivity index (χ0n) is 8.07. The number of aryl methyl sites for hydroxylation is 1. The van der Waals surface area contributed by atoms with Crippen molar-refractivity contribution in [1.29, 1.82) is 0 Å². The maximum absolute atomic E-state index is 10.5. The summed E-state index contributed by atoms with van der Waals surface area (Å²) in [5.74, 6) is 0. The van der Waals surface area contributed by atoms with E-state index in [2.05, 4.69) is 0 Å². The summed E-state index contributed by atoms with van der Waals surface area (Å²) in [5, 5.41) is 0.744. The number of aldehydes is 1. The van der Waals surface area contributed by atoms with E-state index in [9.17, 15) is 4.79 Å². The Morgan fingerprint density at radius 2 is 2.21 bits per heavy atom. The lowest BCUT2D eigenvalue weighted by atomic mass is 10.1. The molecule has 1 atom stereocenters. The number of ether oxygens (including phenoxy) is 1. The first-order valence-corrected chi connectivity index (χ1v) is 4.87. The van der Waals surface area contributed by atoms with Gasteiger partial charge in [-0.1, -0.05) is 29.8 Å². The molecule has 0 spiro atoms. The van der Waals surface area contributed by atoms with Crippen molar-refractivity contribution in [3.63, 3.8) is 0 Å². The fourth-order valence-electron chi connectivity index (χ4n) is 1.24. The topological polar surface area (TPSA) is 26.3 Å². The van der Waals surface area contributed by atoms with E-state index in [1.54, 1.807) is 0 Å². The summed E-state index contributed by atoms with van der Waals surface area (Å²) in [6, 6.07) is 7.63. The lowest BCUT2D eigenvalue weighted by molar-refractivity contribution is -0.116. The maximum atomic E-state index is 10.5. The molecule has 0 saturated heterocycles. The number of hydrogen-bond donors (Lipinski definition) is 0. The first-order chi connectivity index (χ1) is 6.77. The van der Waals surface area contributed by atoms with Gasteiger partial charge in [-0.15, -0.1) is 0 Å². The standard InChI is InChI=1S/C11H13ClO2/c1-14-10(8-13)7-6-9-4-2-3-5-11(9)12/h2-5,8,10H,6-7H2,1H3. The van der Waals surface area contributed by atoms with Gasteiger partial charge in [0.15, 0.2) is 0 Å². The third-order valence-electron chi connectivity index (χ3n) is 2.11. The molecule has 0 aliphatic carbocycles. The summed E-state index contributed by atoms with van der Waals surface area (Å²) >= 11 is 5.96. The highest BCUT2D eigenvalue weighted by molar-refractivity contribution is 6.31. The Morgan fingerprint density at radius 1 is 1.50 bits per heavy atom. The van der Waals surface area contributed by atoms with Crippen LogP contribution in [0.15, 0.2) is 24.3 Å². The molecular weight excluding hydrogens is 200 g/mol. The zero-order valence-corrected chi connectivity index (χ0v) is 8.83. The van der Waals surface area contributed by atoms with Gasteiger partial charge in [0.25, 0.3) is 0 Å². The van der Waals surface area contributed by atoms with Gasteiger partial charge in [-0.25, -0.2) is 0 Å². The van der Waals surface area contributed by atoms with Crippen LogP contribution in [0.3, 0.4) is 0 Å². The molecule has 1 aromatic rings. The van der Waals surface area contributed by atoms with E-state index in [4.69, 9.17) is 16.3 Å². The lowest BCUT2D eigenvalue weighted by Gasteiger charge is -2.08. The van der Waals surface area contributed by atoms with Crippen LogP contribution in [-0.4, -0.2) is 19.5 Å². The van der Waals surface area contributed by atoms with Crippen LogP contribution in [0.1, 0.15) is 12.0 Å². The third kappa shape index (κ3) is 3.13. The first kappa shape index (κ1) is 11.2. The molecule has 2 nitrogen and oxygen atoms in total. The minimum atomic E-state index is -0.328. The summed E-state index contributed by atoms with van der Waals surface area (Å²) in [6.45, 7) is 0. The molecule has 0 aromatic heterocycles. The molecule has 0 heterocycles. The van der Waals surface area contributed by atoms with Gasteiger partial charge >= 0.3 is 0 Å². The highest BCUT2D eigenvalue weighted by Gasteiger charge is 2.06. The van der Waals surface area contributed by atoms with Crippen molar-refractivity contribution < 1.29 is 9.53 Å². The molecular formula is C11H13ClO2. The molecule has 14 heavy (non-hydrogen) atoms. The van der Waals surface area contributed by atoms with Gasteiger partial charge in [0.2, 0.25) is 0 Å². The molecule has 3 heteroatoms. The smallest absolute Gasteiger partial charge is 0.148 e. The molecule has 0 aliphatic rings. The summed E-state index contributed by atoms with van der Waals surface area (Å²) in [4.78, 5) is 10.5. The van der Waals surface area contributed by atoms with Crippen LogP contribution in [0.2, 0.25) is 5.02 Å². The Bertz CT molecular complexity index is 299. The minimum absolute atomic E-state index is 0.328. The van der Waals surface area contributed by atoms with Crippen LogP contribution >= 0.6 is 11.6 Å². The summed E-state index contributed by atoms with van der Waals surface area (Å²) in [5.41, 5.74) is 1.05. The highest BCUT2D eigenvalue weighted by atomic mass is 35.5. The monoisotopic (exact) mass is 212 g/mol. The first-order valence-electron chi connectivity index (χ1n) is 4.49. The Labute approximate surface area is 88.8 Å². The second kappa shape index (κ2) is 5.78. The molecule has 0 N–H and O–H groups in total. The van der Waals surface area contributed by atoms with E-state index < -0.39 is 0 Å². The van der Waals surface area contributed by atoms with Crippen LogP contribution in [0.5, 0.6) is 0 Å². The van der Waals surface area contributed by atoms with E-state index in [-0.39, 0.29) is 6.10 Å². The van der Waals surface area contributed by atoms with Gasteiger partial charge in [-0.2, -0.15) is 0 Å². The van der Waals surface area contributed by atoms with Crippen molar-refractivity contribution in [2.24, 2.45) is 0 Å². The van der Waals surface area contributed by atoms with E-state index >= 15 is 0 Å². The normalized spacial score (nSPS) is 12.4. The van der Waals surface area contributed by atoms with Gasteiger partial charge in [-0.05, 0) is 24.5 Å². The SMILES string of the molecule is COC(C=O)CCc1ccccc1Cl. The lowest BCUT2D eigenvalue weighted by Crippen LogP contribution is -2.12. The second-order valence-corrected chi connectivity index (χ2v) is 3.45. The Kier molecular flexibility index (Phi) is 4.63. The average molecular weight is 213 g/mol. The van der Waals surface area contributed by atoms with Crippen molar-refractivity contribution in [3.8, 4) is 0 Å². The van der Waals surface area contributed by atoms with Gasteiger partial charge in [0, 0.05) is 12.1 Å². The fourth-order valence-corrected chi connectivity index (χ4v) is 1.47. The average Bonchev–Trinajstić information content (AvgIpc) is 2.22. The van der Waals surface area contributed by atoms with Gasteiger partial charge < -0.3 is 9.53 Å². The number of carbonyl (C=O) groups excluding carboxylic acids is 1. The van der Waals surface area contributed by atoms with Crippen molar-refractivity contribution in [1.82, 2.24) is 0 Å². The van der Waals surface area contributed by atoms with E-state index in [1.807, 2.05) is 24.3 Å². The number of hydrogen-bond acceptors (Lipinski definition) is 2. The molecule has 0 amide bonds. The number of methoxy groups -OCH3 is 1. The summed E-state index contributed by atoms with van der Waals surface area (Å²) < 4.78 is 4.95. The quantitative estimate of drug-likeness (QED) is 0.701. The van der Waals surface area contributed by atoms with E-state index in [1.165, 1.54) is 7.11 Å². The molecule has 1 rings (SSSR count). The Balaban J connectivity index is 2.53. The Hall–Kier alpha value is -0.860. The third-order valence-corrected chi connectivity index (χ3v) is 2.48. The zero-order chi connectivity index (χ0) is 10.4. The molecule has 76 valence electrons. The van der Waals surface area contributed by atoms with Gasteiger partial charge in [0.1, 0.15) is 12.4 Å². The van der Waals surface area contributed by atoms with Crippen molar-refractivity contribution in [2.75, 3.05) is 7.11 Å². The minimum Gasteiger partial charge on any atom is -0.374 e. The van der Waals surface area contributed by atoms with Crippen molar-refractivity contribution in [3.05, 3.63) is 34.9 Å². The fraction of sp³-hybridized carbons (Fsp3) is 0.364. The predicted molar refractivity (Wildman–Crippen MR) is 56.6 cm³/mol. The summed E-state index contributed by atoms with van der Waals surface area (Å²) in [6.07, 6.45) is 1.92. The number of carbonyl (C=O) groups is 1. The Morgan fingerprint density at radius 3 is 2.79 bits per heavy atom. The maximum Gasteiger partial charge on any atom is 0.148 e. The van der Waals surface area contributed by atoms with Crippen molar-refractivity contribution >= 4 is 17.9 Å². The van der Waals surface area contributed by atoms with E-state index in [0.29, 0.717) is 6.42 Å². The molecule has 0 saturated carbocycles. The van der Waals surface area contributed by atoms with Gasteiger partial charge in [0.05, 0.1) is 0 Å². The number of rotatable bonds is 5. The summed E-state index contributed by atoms with van der Waals surface area (Å²) in [7, 11) is 1.53. The molecule has 0 aliphatic heterocycles. The molecule has 1 unspecified atom stereocenters. The molecule has 0 fully saturated rings. The second-order valence-electron chi connectivity index (χ2n) is 3.04. The predicted octanol–water partition coefficient (Wildman–Crippen LogP) is 2.49. The van der Waals surface area contributed by atoms with Crippen LogP contribution in [0.25, 0.3) is 0 Å². The van der Waals surface area contributed by atoms with Crippen LogP contribution in [-0.2, 0) is 16.0 Å². The molecule has 0 bridgehead atoms.